The Morgan fingerprint density at radius 2 is 2.29 bits per heavy atom. The molecular weight excluding hydrogens is 282 g/mol. The van der Waals surface area contributed by atoms with Crippen LogP contribution in [0.5, 0.6) is 5.75 Å². The smallest absolute Gasteiger partial charge is 0.127 e. The fraction of sp³-hybridized carbons (Fsp3) is 0.500. The third-order valence-electron chi connectivity index (χ3n) is 3.80. The van der Waals surface area contributed by atoms with Crippen LogP contribution in [-0.2, 0) is 12.8 Å². The second kappa shape index (κ2) is 6.54. The van der Waals surface area contributed by atoms with Crippen molar-refractivity contribution in [2.45, 2.75) is 39.2 Å². The highest BCUT2D eigenvalue weighted by atomic mass is 32.1. The third kappa shape index (κ3) is 2.80. The number of benzene rings is 1. The average Bonchev–Trinajstić information content (AvgIpc) is 3.13. The zero-order valence-electron chi connectivity index (χ0n) is 12.6. The molecule has 112 valence electrons. The third-order valence-corrected chi connectivity index (χ3v) is 4.63. The molecule has 1 aromatic heterocycles. The van der Waals surface area contributed by atoms with Crippen LogP contribution >= 0.6 is 11.5 Å². The molecule has 1 aromatic carbocycles. The number of aryl methyl sites for hydroxylation is 1. The molecule has 1 aliphatic rings. The van der Waals surface area contributed by atoms with E-state index in [0.29, 0.717) is 0 Å². The van der Waals surface area contributed by atoms with Gasteiger partial charge in [-0.2, -0.15) is 0 Å². The minimum absolute atomic E-state index is 0.129. The second-order valence-electron chi connectivity index (χ2n) is 5.26. The molecule has 3 rings (SSSR count). The summed E-state index contributed by atoms with van der Waals surface area (Å²) in [6.07, 6.45) is 3.06. The van der Waals surface area contributed by atoms with E-state index in [-0.39, 0.29) is 6.04 Å². The van der Waals surface area contributed by atoms with Gasteiger partial charge in [-0.3, -0.25) is 0 Å². The van der Waals surface area contributed by atoms with Crippen molar-refractivity contribution in [2.75, 3.05) is 13.2 Å². The Bertz CT molecular complexity index is 611. The van der Waals surface area contributed by atoms with Gasteiger partial charge in [0.2, 0.25) is 0 Å². The van der Waals surface area contributed by atoms with Gasteiger partial charge in [0.15, 0.2) is 0 Å². The van der Waals surface area contributed by atoms with Crippen molar-refractivity contribution in [3.8, 4) is 5.75 Å². The Balaban J connectivity index is 2.02. The molecule has 1 atom stereocenters. The Morgan fingerprint density at radius 3 is 3.10 bits per heavy atom. The first-order valence-corrected chi connectivity index (χ1v) is 8.41. The molecule has 1 unspecified atom stereocenters. The van der Waals surface area contributed by atoms with Gasteiger partial charge < -0.3 is 10.1 Å². The minimum Gasteiger partial charge on any atom is -0.493 e. The zero-order valence-corrected chi connectivity index (χ0v) is 13.4. The number of hydrogen-bond acceptors (Lipinski definition) is 5. The van der Waals surface area contributed by atoms with Gasteiger partial charge in [0.25, 0.3) is 0 Å². The highest BCUT2D eigenvalue weighted by molar-refractivity contribution is 7.05. The summed E-state index contributed by atoms with van der Waals surface area (Å²) in [6.45, 7) is 5.99. The van der Waals surface area contributed by atoms with Crippen molar-refractivity contribution >= 4 is 11.5 Å². The van der Waals surface area contributed by atoms with Gasteiger partial charge in [0.1, 0.15) is 5.75 Å². The van der Waals surface area contributed by atoms with Crippen molar-refractivity contribution in [3.63, 3.8) is 0 Å². The van der Waals surface area contributed by atoms with E-state index in [4.69, 9.17) is 4.74 Å². The van der Waals surface area contributed by atoms with Crippen molar-refractivity contribution in [1.29, 1.82) is 0 Å². The van der Waals surface area contributed by atoms with Crippen LogP contribution < -0.4 is 10.1 Å². The largest absolute Gasteiger partial charge is 0.493 e. The summed E-state index contributed by atoms with van der Waals surface area (Å²) >= 11 is 1.50. The number of ether oxygens (including phenoxy) is 1. The van der Waals surface area contributed by atoms with Gasteiger partial charge in [0.05, 0.1) is 23.2 Å². The van der Waals surface area contributed by atoms with Gasteiger partial charge in [0, 0.05) is 12.0 Å². The predicted molar refractivity (Wildman–Crippen MR) is 85.1 cm³/mol. The lowest BCUT2D eigenvalue weighted by molar-refractivity contribution is 0.350. The fourth-order valence-electron chi connectivity index (χ4n) is 2.86. The maximum atomic E-state index is 5.88. The predicted octanol–water partition coefficient (Wildman–Crippen LogP) is 3.12. The molecule has 0 saturated heterocycles. The van der Waals surface area contributed by atoms with Crippen LogP contribution in [0.1, 0.15) is 48.0 Å². The highest BCUT2D eigenvalue weighted by Gasteiger charge is 2.26. The number of aromatic nitrogens is 2. The SMILES string of the molecule is CCCc1nnsc1C(NCC)c1cccc2c1OCC2. The summed E-state index contributed by atoms with van der Waals surface area (Å²) in [5.74, 6) is 1.05. The van der Waals surface area contributed by atoms with E-state index in [0.717, 1.165) is 43.9 Å². The summed E-state index contributed by atoms with van der Waals surface area (Å²) in [5, 5.41) is 7.90. The zero-order chi connectivity index (χ0) is 14.7. The molecule has 0 aliphatic carbocycles. The maximum absolute atomic E-state index is 5.88. The molecule has 0 amide bonds. The van der Waals surface area contributed by atoms with E-state index in [2.05, 4.69) is 47.0 Å². The van der Waals surface area contributed by atoms with Crippen LogP contribution in [-0.4, -0.2) is 22.7 Å². The Labute approximate surface area is 129 Å². The molecular formula is C16H21N3OS. The van der Waals surface area contributed by atoms with Crippen molar-refractivity contribution in [3.05, 3.63) is 39.9 Å². The van der Waals surface area contributed by atoms with E-state index in [1.807, 2.05) is 0 Å². The number of nitrogens with one attached hydrogen (secondary N) is 1. The molecule has 1 N–H and O–H groups in total. The molecule has 0 spiro atoms. The lowest BCUT2D eigenvalue weighted by Crippen LogP contribution is -2.22. The number of para-hydroxylation sites is 1. The Hall–Kier alpha value is -1.46. The first kappa shape index (κ1) is 14.5. The van der Waals surface area contributed by atoms with E-state index in [1.165, 1.54) is 27.5 Å². The molecule has 2 aromatic rings. The van der Waals surface area contributed by atoms with E-state index >= 15 is 0 Å². The summed E-state index contributed by atoms with van der Waals surface area (Å²) in [7, 11) is 0. The lowest BCUT2D eigenvalue weighted by atomic mass is 9.99. The van der Waals surface area contributed by atoms with Crippen LogP contribution in [0.3, 0.4) is 0 Å². The molecule has 1 aliphatic heterocycles. The molecule has 4 nitrogen and oxygen atoms in total. The van der Waals surface area contributed by atoms with E-state index in [9.17, 15) is 0 Å². The summed E-state index contributed by atoms with van der Waals surface area (Å²) in [6, 6.07) is 6.57. The van der Waals surface area contributed by atoms with Gasteiger partial charge in [-0.05, 0) is 30.1 Å². The quantitative estimate of drug-likeness (QED) is 0.890. The number of rotatable bonds is 6. The molecule has 0 radical (unpaired) electrons. The second-order valence-corrected chi connectivity index (χ2v) is 6.04. The van der Waals surface area contributed by atoms with Gasteiger partial charge in [-0.15, -0.1) is 5.10 Å². The molecule has 5 heteroatoms. The van der Waals surface area contributed by atoms with Crippen LogP contribution in [0.4, 0.5) is 0 Å². The Kier molecular flexibility index (Phi) is 4.51. The van der Waals surface area contributed by atoms with Crippen LogP contribution in [0, 0.1) is 0 Å². The van der Waals surface area contributed by atoms with Gasteiger partial charge in [-0.25, -0.2) is 0 Å². The summed E-state index contributed by atoms with van der Waals surface area (Å²) in [5.41, 5.74) is 3.64. The fourth-order valence-corrected chi connectivity index (χ4v) is 3.65. The lowest BCUT2D eigenvalue weighted by Gasteiger charge is -2.20. The molecule has 0 fully saturated rings. The number of nitrogens with zero attached hydrogens (tertiary/aromatic N) is 2. The molecule has 2 heterocycles. The first-order valence-electron chi connectivity index (χ1n) is 7.64. The van der Waals surface area contributed by atoms with Crippen molar-refractivity contribution in [1.82, 2.24) is 14.9 Å². The highest BCUT2D eigenvalue weighted by Crippen LogP contribution is 2.38. The topological polar surface area (TPSA) is 47.0 Å². The minimum atomic E-state index is 0.129. The van der Waals surface area contributed by atoms with Crippen LogP contribution in [0.2, 0.25) is 0 Å². The van der Waals surface area contributed by atoms with Crippen molar-refractivity contribution in [2.24, 2.45) is 0 Å². The normalized spacial score (nSPS) is 14.8. The number of hydrogen-bond donors (Lipinski definition) is 1. The van der Waals surface area contributed by atoms with E-state index < -0.39 is 0 Å². The molecule has 21 heavy (non-hydrogen) atoms. The van der Waals surface area contributed by atoms with E-state index in [1.54, 1.807) is 0 Å². The standard InChI is InChI=1S/C16H21N3OS/c1-3-6-13-16(21-19-18-13)14(17-4-2)12-8-5-7-11-9-10-20-15(11)12/h5,7-8,14,17H,3-4,6,9-10H2,1-2H3. The van der Waals surface area contributed by atoms with Gasteiger partial charge >= 0.3 is 0 Å². The molecule has 0 bridgehead atoms. The Morgan fingerprint density at radius 1 is 1.38 bits per heavy atom. The maximum Gasteiger partial charge on any atom is 0.127 e. The number of fused-ring (bicyclic) bond motifs is 1. The van der Waals surface area contributed by atoms with Crippen molar-refractivity contribution < 1.29 is 4.74 Å². The summed E-state index contributed by atoms with van der Waals surface area (Å²) in [4.78, 5) is 1.22. The van der Waals surface area contributed by atoms with Crippen LogP contribution in [0.15, 0.2) is 18.2 Å². The average molecular weight is 303 g/mol. The monoisotopic (exact) mass is 303 g/mol. The van der Waals surface area contributed by atoms with Gasteiger partial charge in [-0.1, -0.05) is 43.0 Å². The molecule has 0 saturated carbocycles. The van der Waals surface area contributed by atoms with Crippen LogP contribution in [0.25, 0.3) is 0 Å². The summed E-state index contributed by atoms with van der Waals surface area (Å²) < 4.78 is 10.1. The first-order chi connectivity index (χ1) is 10.3.